The summed E-state index contributed by atoms with van der Waals surface area (Å²) in [6, 6.07) is 10.6. The van der Waals surface area contributed by atoms with Crippen LogP contribution in [0.5, 0.6) is 5.75 Å². The molecule has 6 nitrogen and oxygen atoms in total. The molecule has 24 heavy (non-hydrogen) atoms. The SMILES string of the molecule is C[C@@H](Oc1ccc(Cl)cc1Cl)C(=O)OCc1ccccc1[N+](=O)[O-]. The Balaban J connectivity index is 1.98. The van der Waals surface area contributed by atoms with Gasteiger partial charge in [-0.15, -0.1) is 0 Å². The predicted octanol–water partition coefficient (Wildman–Crippen LogP) is 4.41. The second-order valence-corrected chi connectivity index (χ2v) is 5.67. The van der Waals surface area contributed by atoms with Gasteiger partial charge in [-0.3, -0.25) is 10.1 Å². The molecule has 2 aromatic rings. The molecule has 0 saturated carbocycles. The van der Waals surface area contributed by atoms with Gasteiger partial charge in [-0.05, 0) is 31.2 Å². The molecule has 126 valence electrons. The molecule has 0 fully saturated rings. The van der Waals surface area contributed by atoms with E-state index in [1.54, 1.807) is 12.1 Å². The summed E-state index contributed by atoms with van der Waals surface area (Å²) in [5, 5.41) is 11.6. The van der Waals surface area contributed by atoms with E-state index >= 15 is 0 Å². The molecule has 2 aromatic carbocycles. The molecule has 0 aliphatic heterocycles. The van der Waals surface area contributed by atoms with Crippen molar-refractivity contribution in [2.75, 3.05) is 0 Å². The highest BCUT2D eigenvalue weighted by Gasteiger charge is 2.20. The van der Waals surface area contributed by atoms with Gasteiger partial charge in [0.25, 0.3) is 5.69 Å². The zero-order chi connectivity index (χ0) is 17.7. The Morgan fingerprint density at radius 3 is 2.62 bits per heavy atom. The van der Waals surface area contributed by atoms with E-state index in [4.69, 9.17) is 32.7 Å². The van der Waals surface area contributed by atoms with E-state index in [1.165, 1.54) is 37.3 Å². The number of nitro groups is 1. The number of nitro benzene ring substituents is 1. The van der Waals surface area contributed by atoms with Crippen LogP contribution in [0.15, 0.2) is 42.5 Å². The van der Waals surface area contributed by atoms with E-state index in [-0.39, 0.29) is 23.1 Å². The van der Waals surface area contributed by atoms with Gasteiger partial charge >= 0.3 is 5.97 Å². The van der Waals surface area contributed by atoms with Crippen molar-refractivity contribution >= 4 is 34.9 Å². The van der Waals surface area contributed by atoms with Crippen LogP contribution in [0.25, 0.3) is 0 Å². The molecule has 0 bridgehead atoms. The van der Waals surface area contributed by atoms with Crippen LogP contribution >= 0.6 is 23.2 Å². The third-order valence-electron chi connectivity index (χ3n) is 3.09. The number of ether oxygens (including phenoxy) is 2. The molecule has 0 N–H and O–H groups in total. The molecule has 0 heterocycles. The van der Waals surface area contributed by atoms with E-state index in [2.05, 4.69) is 0 Å². The molecule has 0 aromatic heterocycles. The number of para-hydroxylation sites is 1. The molecule has 0 amide bonds. The topological polar surface area (TPSA) is 78.7 Å². The van der Waals surface area contributed by atoms with Crippen molar-refractivity contribution in [3.8, 4) is 5.75 Å². The lowest BCUT2D eigenvalue weighted by Gasteiger charge is -2.15. The Hall–Kier alpha value is -2.31. The van der Waals surface area contributed by atoms with E-state index in [1.807, 2.05) is 0 Å². The smallest absolute Gasteiger partial charge is 0.347 e. The lowest BCUT2D eigenvalue weighted by Crippen LogP contribution is -2.26. The molecule has 0 aliphatic rings. The van der Waals surface area contributed by atoms with Crippen LogP contribution in [-0.2, 0) is 16.1 Å². The Kier molecular flexibility index (Phi) is 6.00. The van der Waals surface area contributed by atoms with Crippen molar-refractivity contribution in [2.24, 2.45) is 0 Å². The second kappa shape index (κ2) is 7.99. The van der Waals surface area contributed by atoms with E-state index in [0.29, 0.717) is 10.6 Å². The fourth-order valence-electron chi connectivity index (χ4n) is 1.89. The van der Waals surface area contributed by atoms with Crippen molar-refractivity contribution in [2.45, 2.75) is 19.6 Å². The van der Waals surface area contributed by atoms with Gasteiger partial charge in [-0.1, -0.05) is 35.3 Å². The summed E-state index contributed by atoms with van der Waals surface area (Å²) < 4.78 is 10.5. The Bertz CT molecular complexity index is 766. The van der Waals surface area contributed by atoms with E-state index in [0.717, 1.165) is 0 Å². The zero-order valence-electron chi connectivity index (χ0n) is 12.6. The van der Waals surface area contributed by atoms with Crippen LogP contribution in [0.2, 0.25) is 10.0 Å². The highest BCUT2D eigenvalue weighted by Crippen LogP contribution is 2.28. The number of hydrogen-bond donors (Lipinski definition) is 0. The molecule has 0 aliphatic carbocycles. The molecular formula is C16H13Cl2NO5. The van der Waals surface area contributed by atoms with Gasteiger partial charge in [-0.2, -0.15) is 0 Å². The van der Waals surface area contributed by atoms with Crippen molar-refractivity contribution in [3.05, 3.63) is 68.2 Å². The number of nitrogens with zero attached hydrogens (tertiary/aromatic N) is 1. The normalized spacial score (nSPS) is 11.6. The molecular weight excluding hydrogens is 357 g/mol. The zero-order valence-corrected chi connectivity index (χ0v) is 14.1. The minimum atomic E-state index is -0.938. The largest absolute Gasteiger partial charge is 0.477 e. The Morgan fingerprint density at radius 1 is 1.25 bits per heavy atom. The summed E-state index contributed by atoms with van der Waals surface area (Å²) in [4.78, 5) is 22.4. The van der Waals surface area contributed by atoms with Gasteiger partial charge in [-0.25, -0.2) is 4.79 Å². The van der Waals surface area contributed by atoms with Gasteiger partial charge in [0.05, 0.1) is 15.5 Å². The number of hydrogen-bond acceptors (Lipinski definition) is 5. The number of carbonyl (C=O) groups is 1. The number of carbonyl (C=O) groups excluding carboxylic acids is 1. The first kappa shape index (κ1) is 18.0. The molecule has 0 radical (unpaired) electrons. The van der Waals surface area contributed by atoms with Crippen LogP contribution in [0.4, 0.5) is 5.69 Å². The number of benzene rings is 2. The minimum Gasteiger partial charge on any atom is -0.477 e. The number of rotatable bonds is 6. The van der Waals surface area contributed by atoms with Crippen LogP contribution in [0.3, 0.4) is 0 Å². The standard InChI is InChI=1S/C16H13Cl2NO5/c1-10(24-15-7-6-12(17)8-13(15)18)16(20)23-9-11-4-2-3-5-14(11)19(21)22/h2-8,10H,9H2,1H3/t10-/m1/s1. The Morgan fingerprint density at radius 2 is 1.96 bits per heavy atom. The molecule has 0 spiro atoms. The highest BCUT2D eigenvalue weighted by atomic mass is 35.5. The number of halogens is 2. The monoisotopic (exact) mass is 369 g/mol. The van der Waals surface area contributed by atoms with Gasteiger partial charge in [0.1, 0.15) is 12.4 Å². The lowest BCUT2D eigenvalue weighted by molar-refractivity contribution is -0.385. The average molecular weight is 370 g/mol. The van der Waals surface area contributed by atoms with Gasteiger partial charge in [0.15, 0.2) is 6.10 Å². The maximum atomic E-state index is 12.0. The third kappa shape index (κ3) is 4.59. The fraction of sp³-hybridized carbons (Fsp3) is 0.188. The lowest BCUT2D eigenvalue weighted by atomic mass is 10.2. The maximum absolute atomic E-state index is 12.0. The van der Waals surface area contributed by atoms with E-state index < -0.39 is 17.0 Å². The van der Waals surface area contributed by atoms with Crippen LogP contribution in [0, 0.1) is 10.1 Å². The molecule has 1 atom stereocenters. The van der Waals surface area contributed by atoms with Crippen molar-refractivity contribution in [3.63, 3.8) is 0 Å². The van der Waals surface area contributed by atoms with Crippen LogP contribution < -0.4 is 4.74 Å². The van der Waals surface area contributed by atoms with Gasteiger partial charge in [0.2, 0.25) is 0 Å². The summed E-state index contributed by atoms with van der Waals surface area (Å²) in [6.45, 7) is 1.27. The summed E-state index contributed by atoms with van der Waals surface area (Å²) in [5.74, 6) is -0.379. The first-order valence-corrected chi connectivity index (χ1v) is 7.64. The molecule has 2 rings (SSSR count). The second-order valence-electron chi connectivity index (χ2n) is 4.83. The Labute approximate surface area is 148 Å². The van der Waals surface area contributed by atoms with Crippen molar-refractivity contribution in [1.29, 1.82) is 0 Å². The summed E-state index contributed by atoms with van der Waals surface area (Å²) in [6.07, 6.45) is -0.938. The number of esters is 1. The molecule has 0 unspecified atom stereocenters. The maximum Gasteiger partial charge on any atom is 0.347 e. The van der Waals surface area contributed by atoms with Gasteiger partial charge < -0.3 is 9.47 Å². The average Bonchev–Trinajstić information content (AvgIpc) is 2.55. The third-order valence-corrected chi connectivity index (χ3v) is 3.62. The highest BCUT2D eigenvalue weighted by molar-refractivity contribution is 6.35. The van der Waals surface area contributed by atoms with E-state index in [9.17, 15) is 14.9 Å². The minimum absolute atomic E-state index is 0.111. The van der Waals surface area contributed by atoms with Crippen LogP contribution in [0.1, 0.15) is 12.5 Å². The summed E-state index contributed by atoms with van der Waals surface area (Å²) in [5.41, 5.74) is 0.187. The van der Waals surface area contributed by atoms with Crippen molar-refractivity contribution in [1.82, 2.24) is 0 Å². The quantitative estimate of drug-likeness (QED) is 0.428. The van der Waals surface area contributed by atoms with Gasteiger partial charge in [0, 0.05) is 11.1 Å². The van der Waals surface area contributed by atoms with Crippen molar-refractivity contribution < 1.29 is 19.2 Å². The summed E-state index contributed by atoms with van der Waals surface area (Å²) in [7, 11) is 0. The fourth-order valence-corrected chi connectivity index (χ4v) is 2.34. The molecule has 8 heteroatoms. The summed E-state index contributed by atoms with van der Waals surface area (Å²) >= 11 is 11.8. The predicted molar refractivity (Wildman–Crippen MR) is 89.4 cm³/mol. The molecule has 0 saturated heterocycles. The van der Waals surface area contributed by atoms with Crippen LogP contribution in [-0.4, -0.2) is 17.0 Å². The first-order chi connectivity index (χ1) is 11.4. The first-order valence-electron chi connectivity index (χ1n) is 6.89.